The van der Waals surface area contributed by atoms with Gasteiger partial charge < -0.3 is 5.11 Å². The van der Waals surface area contributed by atoms with Crippen LogP contribution in [0.25, 0.3) is 0 Å². The Balaban J connectivity index is 2.45. The van der Waals surface area contributed by atoms with Crippen molar-refractivity contribution in [3.8, 4) is 0 Å². The molecule has 16 heavy (non-hydrogen) atoms. The number of thioether (sulfide) groups is 1. The van der Waals surface area contributed by atoms with E-state index in [2.05, 4.69) is 44.2 Å². The van der Waals surface area contributed by atoms with Crippen LogP contribution in [0.2, 0.25) is 0 Å². The summed E-state index contributed by atoms with van der Waals surface area (Å²) in [4.78, 5) is 0. The quantitative estimate of drug-likeness (QED) is 0.782. The van der Waals surface area contributed by atoms with Crippen LogP contribution in [0, 0.1) is 0 Å². The lowest BCUT2D eigenvalue weighted by Gasteiger charge is -2.19. The summed E-state index contributed by atoms with van der Waals surface area (Å²) < 4.78 is 0. The minimum Gasteiger partial charge on any atom is -0.396 e. The molecule has 0 aliphatic carbocycles. The van der Waals surface area contributed by atoms with E-state index in [9.17, 15) is 0 Å². The van der Waals surface area contributed by atoms with E-state index in [1.54, 1.807) is 0 Å². The standard InChI is InChI=1S/C14H22OS/c1-3-14(16-10-9-15)11-12(2)13-7-5-4-6-8-13/h4-8,12,14-15H,3,9-11H2,1-2H3. The predicted octanol–water partition coefficient (Wildman–Crippen LogP) is 3.68. The van der Waals surface area contributed by atoms with Crippen molar-refractivity contribution in [1.29, 1.82) is 0 Å². The first-order valence-corrected chi connectivity index (χ1v) is 7.10. The topological polar surface area (TPSA) is 20.2 Å². The van der Waals surface area contributed by atoms with Gasteiger partial charge in [-0.3, -0.25) is 0 Å². The van der Waals surface area contributed by atoms with Crippen molar-refractivity contribution >= 4 is 11.8 Å². The van der Waals surface area contributed by atoms with E-state index in [1.165, 1.54) is 18.4 Å². The molecular formula is C14H22OS. The van der Waals surface area contributed by atoms with Crippen molar-refractivity contribution in [3.05, 3.63) is 35.9 Å². The second kappa shape index (κ2) is 7.75. The van der Waals surface area contributed by atoms with E-state index in [4.69, 9.17) is 5.11 Å². The van der Waals surface area contributed by atoms with Crippen LogP contribution in [0.4, 0.5) is 0 Å². The van der Waals surface area contributed by atoms with Crippen LogP contribution in [0.3, 0.4) is 0 Å². The lowest BCUT2D eigenvalue weighted by molar-refractivity contribution is 0.322. The first kappa shape index (κ1) is 13.6. The lowest BCUT2D eigenvalue weighted by atomic mass is 9.95. The number of hydrogen-bond donors (Lipinski definition) is 1. The van der Waals surface area contributed by atoms with Crippen molar-refractivity contribution in [1.82, 2.24) is 0 Å². The van der Waals surface area contributed by atoms with Gasteiger partial charge in [0.1, 0.15) is 0 Å². The van der Waals surface area contributed by atoms with Gasteiger partial charge >= 0.3 is 0 Å². The van der Waals surface area contributed by atoms with Crippen LogP contribution >= 0.6 is 11.8 Å². The predicted molar refractivity (Wildman–Crippen MR) is 73.1 cm³/mol. The molecule has 0 saturated heterocycles. The highest BCUT2D eigenvalue weighted by Gasteiger charge is 2.12. The molecule has 0 spiro atoms. The molecule has 0 saturated carbocycles. The van der Waals surface area contributed by atoms with Gasteiger partial charge in [0.2, 0.25) is 0 Å². The SMILES string of the molecule is CCC(CC(C)c1ccccc1)SCCO. The van der Waals surface area contributed by atoms with Crippen LogP contribution in [0.15, 0.2) is 30.3 Å². The Bertz CT molecular complexity index is 273. The van der Waals surface area contributed by atoms with Crippen molar-refractivity contribution in [2.45, 2.75) is 37.9 Å². The fourth-order valence-corrected chi connectivity index (χ4v) is 2.98. The molecule has 0 fully saturated rings. The Morgan fingerprint density at radius 2 is 1.94 bits per heavy atom. The largest absolute Gasteiger partial charge is 0.396 e. The van der Waals surface area contributed by atoms with Crippen LogP contribution in [0.5, 0.6) is 0 Å². The molecule has 1 aromatic carbocycles. The van der Waals surface area contributed by atoms with Crippen molar-refractivity contribution in [3.63, 3.8) is 0 Å². The Morgan fingerprint density at radius 3 is 2.50 bits per heavy atom. The number of rotatable bonds is 7. The Kier molecular flexibility index (Phi) is 6.58. The minimum absolute atomic E-state index is 0.293. The molecule has 0 radical (unpaired) electrons. The second-order valence-corrected chi connectivity index (χ2v) is 5.58. The van der Waals surface area contributed by atoms with Gasteiger partial charge in [-0.2, -0.15) is 11.8 Å². The zero-order chi connectivity index (χ0) is 11.8. The van der Waals surface area contributed by atoms with Gasteiger partial charge in [0.15, 0.2) is 0 Å². The van der Waals surface area contributed by atoms with Crippen molar-refractivity contribution < 1.29 is 5.11 Å². The van der Waals surface area contributed by atoms with Crippen LogP contribution in [-0.2, 0) is 0 Å². The van der Waals surface area contributed by atoms with Crippen LogP contribution in [0.1, 0.15) is 38.2 Å². The zero-order valence-corrected chi connectivity index (χ0v) is 11.0. The maximum atomic E-state index is 8.84. The highest BCUT2D eigenvalue weighted by molar-refractivity contribution is 7.99. The number of hydrogen-bond acceptors (Lipinski definition) is 2. The van der Waals surface area contributed by atoms with Crippen LogP contribution in [-0.4, -0.2) is 22.7 Å². The van der Waals surface area contributed by atoms with E-state index >= 15 is 0 Å². The summed E-state index contributed by atoms with van der Waals surface area (Å²) in [6.45, 7) is 4.81. The molecule has 1 rings (SSSR count). The molecular weight excluding hydrogens is 216 g/mol. The molecule has 2 unspecified atom stereocenters. The lowest BCUT2D eigenvalue weighted by Crippen LogP contribution is -2.08. The van der Waals surface area contributed by atoms with Crippen molar-refractivity contribution in [2.75, 3.05) is 12.4 Å². The van der Waals surface area contributed by atoms with Gasteiger partial charge in [-0.15, -0.1) is 0 Å². The van der Waals surface area contributed by atoms with Gasteiger partial charge in [-0.05, 0) is 24.3 Å². The van der Waals surface area contributed by atoms with E-state index in [0.29, 0.717) is 17.8 Å². The third-order valence-corrected chi connectivity index (χ3v) is 4.30. The average Bonchev–Trinajstić information content (AvgIpc) is 2.35. The number of benzene rings is 1. The summed E-state index contributed by atoms with van der Waals surface area (Å²) in [7, 11) is 0. The molecule has 2 atom stereocenters. The minimum atomic E-state index is 0.293. The average molecular weight is 238 g/mol. The monoisotopic (exact) mass is 238 g/mol. The Morgan fingerprint density at radius 1 is 1.25 bits per heavy atom. The highest BCUT2D eigenvalue weighted by Crippen LogP contribution is 2.27. The molecule has 1 nitrogen and oxygen atoms in total. The van der Waals surface area contributed by atoms with Gasteiger partial charge in [-0.1, -0.05) is 44.2 Å². The summed E-state index contributed by atoms with van der Waals surface area (Å²) in [6, 6.07) is 10.7. The number of aliphatic hydroxyl groups is 1. The molecule has 0 aliphatic heterocycles. The molecule has 1 N–H and O–H groups in total. The van der Waals surface area contributed by atoms with E-state index in [-0.39, 0.29) is 0 Å². The number of aliphatic hydroxyl groups excluding tert-OH is 1. The molecule has 0 heterocycles. The smallest absolute Gasteiger partial charge is 0.0521 e. The zero-order valence-electron chi connectivity index (χ0n) is 10.2. The third-order valence-electron chi connectivity index (χ3n) is 2.89. The second-order valence-electron chi connectivity index (χ2n) is 4.17. The first-order valence-electron chi connectivity index (χ1n) is 6.05. The summed E-state index contributed by atoms with van der Waals surface area (Å²) in [5.41, 5.74) is 1.42. The summed E-state index contributed by atoms with van der Waals surface area (Å²) >= 11 is 1.89. The molecule has 0 aromatic heterocycles. The van der Waals surface area contributed by atoms with Gasteiger partial charge in [0, 0.05) is 11.0 Å². The summed E-state index contributed by atoms with van der Waals surface area (Å²) in [6.07, 6.45) is 2.38. The van der Waals surface area contributed by atoms with Gasteiger partial charge in [0.25, 0.3) is 0 Å². The molecule has 1 aromatic rings. The molecule has 2 heteroatoms. The van der Waals surface area contributed by atoms with Crippen LogP contribution < -0.4 is 0 Å². The van der Waals surface area contributed by atoms with E-state index in [1.807, 2.05) is 11.8 Å². The third kappa shape index (κ3) is 4.58. The van der Waals surface area contributed by atoms with Crippen molar-refractivity contribution in [2.24, 2.45) is 0 Å². The normalized spacial score (nSPS) is 14.7. The maximum absolute atomic E-state index is 8.84. The molecule has 0 amide bonds. The van der Waals surface area contributed by atoms with E-state index < -0.39 is 0 Å². The summed E-state index contributed by atoms with van der Waals surface area (Å²) in [5, 5.41) is 9.51. The highest BCUT2D eigenvalue weighted by atomic mass is 32.2. The Hall–Kier alpha value is -0.470. The van der Waals surface area contributed by atoms with Gasteiger partial charge in [0.05, 0.1) is 6.61 Å². The van der Waals surface area contributed by atoms with Gasteiger partial charge in [-0.25, -0.2) is 0 Å². The molecule has 0 aliphatic rings. The first-order chi connectivity index (χ1) is 7.77. The molecule has 90 valence electrons. The van der Waals surface area contributed by atoms with E-state index in [0.717, 1.165) is 5.75 Å². The summed E-state index contributed by atoms with van der Waals surface area (Å²) in [5.74, 6) is 1.47. The Labute approximate surface area is 103 Å². The molecule has 0 bridgehead atoms. The maximum Gasteiger partial charge on any atom is 0.0521 e. The fourth-order valence-electron chi connectivity index (χ4n) is 1.88. The fraction of sp³-hybridized carbons (Fsp3) is 0.571.